The number of alkyl halides is 3. The predicted octanol–water partition coefficient (Wildman–Crippen LogP) is 20.6. The summed E-state index contributed by atoms with van der Waals surface area (Å²) in [4.78, 5) is 42.4. The number of hydrogen-bond acceptors (Lipinski definition) is 8. The molecular weight excluding hydrogens is 1530 g/mol. The largest absolute Gasteiger partial charge is 0 e. The number of aryl methyl sites for hydroxylation is 9. The normalized spacial score (nSPS) is 13.2. The second-order valence-electron chi connectivity index (χ2n) is 27.0. The molecule has 6 aromatic carbocycles. The molecule has 2 radical (unpaired) electrons. The summed E-state index contributed by atoms with van der Waals surface area (Å²) >= 11 is -2.09. The van der Waals surface area contributed by atoms with Crippen molar-refractivity contribution in [3.05, 3.63) is 159 Å². The summed E-state index contributed by atoms with van der Waals surface area (Å²) in [6.07, 6.45) is 1.56. The van der Waals surface area contributed by atoms with Gasteiger partial charge in [-0.2, -0.15) is 13.2 Å². The van der Waals surface area contributed by atoms with Crippen molar-refractivity contribution in [1.82, 2.24) is 19.9 Å². The monoisotopic (exact) mass is 1640 g/mol. The van der Waals surface area contributed by atoms with Crippen LogP contribution in [-0.2, 0) is 56.0 Å². The Morgan fingerprint density at radius 2 is 0.989 bits per heavy atom. The fraction of sp³-hybridized carbons (Fsp3) is 0.440. The van der Waals surface area contributed by atoms with Crippen LogP contribution in [-0.4, -0.2) is 55.0 Å². The number of aliphatic hydroxyl groups is 2. The number of carbonyl (C=O) groups excluding carboxylic acids is 2. The maximum Gasteiger partial charge on any atom is 0 e. The first-order chi connectivity index (χ1) is 41.3. The molecule has 0 aliphatic heterocycles. The number of nitrogens with zero attached hydrogens (tertiary/aromatic N) is 4. The molecule has 0 atom stereocenters. The zero-order chi connectivity index (χ0) is 68.4. The number of fused-ring (bicyclic) bond motifs is 6. The molecule has 0 saturated carbocycles. The number of halogens is 3. The van der Waals surface area contributed by atoms with E-state index in [4.69, 9.17) is 14.1 Å². The number of allylic oxidation sites excluding steroid dienone is 4. The van der Waals surface area contributed by atoms with E-state index < -0.39 is 31.9 Å². The molecule has 2 aromatic heterocycles. The van der Waals surface area contributed by atoms with E-state index in [2.05, 4.69) is 71.4 Å². The Balaban J connectivity index is 0.000000336. The van der Waals surface area contributed by atoms with Gasteiger partial charge in [-0.15, -0.1) is 34.9 Å². The smallest absolute Gasteiger partial charge is 0 e. The SMILES string of the molecule is CCC(C)(C)C(=O)C=C(O)C(C)(C)CC.CCC(C)(C)C(=O)C=C(O)C(C)(C)CC.Cc1[c-]c(-c2nc(C)nc3c2ccc2cc(C)c(C(F)(F)F)c(C)c23)cc(C)c1.[2H]C([2H])([2H])c1c[c-]c(-c2nc(C)nc3c2ccc2cc(C)[c]([Ge]([CH3])([CH3])[CH3])c(C)c23)cc1.[Ir].[Ir]. The van der Waals surface area contributed by atoms with Crippen molar-refractivity contribution in [2.75, 3.05) is 0 Å². The zero-order valence-electron chi connectivity index (χ0n) is 59.6. The van der Waals surface area contributed by atoms with Gasteiger partial charge in [-0.25, -0.2) is 4.98 Å². The topological polar surface area (TPSA) is 126 Å². The van der Waals surface area contributed by atoms with Crippen molar-refractivity contribution < 1.29 is 77.3 Å². The Morgan fingerprint density at radius 3 is 1.37 bits per heavy atom. The minimum absolute atomic E-state index is 0. The molecule has 0 unspecified atom stereocenters. The third kappa shape index (κ3) is 18.4. The van der Waals surface area contributed by atoms with Crippen molar-refractivity contribution in [2.45, 2.75) is 194 Å². The van der Waals surface area contributed by atoms with E-state index in [1.165, 1.54) is 52.3 Å². The molecule has 0 aliphatic carbocycles. The summed E-state index contributed by atoms with van der Waals surface area (Å²) in [5.74, 6) is 8.89. The quantitative estimate of drug-likeness (QED) is 0.0384. The molecule has 2 N–H and O–H groups in total. The van der Waals surface area contributed by atoms with E-state index in [1.54, 1.807) is 31.2 Å². The molecule has 0 aliphatic rings. The van der Waals surface area contributed by atoms with Gasteiger partial charge in [0.05, 0.1) is 11.1 Å². The maximum atomic E-state index is 13.7. The van der Waals surface area contributed by atoms with Gasteiger partial charge in [-0.05, 0) is 74.0 Å². The Kier molecular flexibility index (Phi) is 24.8. The third-order valence-electron chi connectivity index (χ3n) is 17.4. The van der Waals surface area contributed by atoms with E-state index in [1.807, 2.05) is 128 Å². The molecule has 8 rings (SSSR count). The van der Waals surface area contributed by atoms with Crippen molar-refractivity contribution >= 4 is 72.6 Å². The molecule has 0 spiro atoms. The van der Waals surface area contributed by atoms with Crippen LogP contribution < -0.4 is 4.40 Å². The summed E-state index contributed by atoms with van der Waals surface area (Å²) in [6.45, 7) is 36.3. The van der Waals surface area contributed by atoms with E-state index in [0.717, 1.165) is 75.3 Å². The average molecular weight is 1630 g/mol. The number of rotatable bonds is 13. The van der Waals surface area contributed by atoms with Crippen LogP contribution in [0, 0.1) is 96.0 Å². The van der Waals surface area contributed by atoms with Crippen LogP contribution in [0.4, 0.5) is 13.2 Å². The summed E-state index contributed by atoms with van der Waals surface area (Å²) in [5, 5.41) is 25.1. The van der Waals surface area contributed by atoms with Crippen LogP contribution in [0.25, 0.3) is 65.9 Å². The van der Waals surface area contributed by atoms with Crippen LogP contribution in [0.2, 0.25) is 17.3 Å². The molecule has 2 heterocycles. The third-order valence-corrected chi connectivity index (χ3v) is 22.1. The number of benzene rings is 6. The first-order valence-electron chi connectivity index (χ1n) is 31.7. The molecule has 0 fully saturated rings. The zero-order valence-corrected chi connectivity index (χ0v) is 63.5. The molecule has 8 aromatic rings. The van der Waals surface area contributed by atoms with Crippen molar-refractivity contribution in [2.24, 2.45) is 21.7 Å². The minimum atomic E-state index is -4.42. The van der Waals surface area contributed by atoms with Gasteiger partial charge >= 0.3 is 181 Å². The van der Waals surface area contributed by atoms with Gasteiger partial charge in [-0.3, -0.25) is 14.6 Å². The van der Waals surface area contributed by atoms with E-state index >= 15 is 0 Å². The van der Waals surface area contributed by atoms with Crippen molar-refractivity contribution in [1.29, 1.82) is 0 Å². The second kappa shape index (κ2) is 30.3. The van der Waals surface area contributed by atoms with Gasteiger partial charge in [0.15, 0.2) is 11.6 Å². The van der Waals surface area contributed by atoms with E-state index in [-0.39, 0.29) is 102 Å². The Labute approximate surface area is 563 Å². The average Bonchev–Trinajstić information content (AvgIpc) is 0.747. The number of aromatic nitrogens is 4. The van der Waals surface area contributed by atoms with Gasteiger partial charge in [0.1, 0.15) is 17.3 Å². The van der Waals surface area contributed by atoms with Crippen LogP contribution >= 0.6 is 0 Å². The van der Waals surface area contributed by atoms with Crippen LogP contribution in [0.15, 0.2) is 90.4 Å². The first-order valence-corrected chi connectivity index (χ1v) is 37.6. The van der Waals surface area contributed by atoms with E-state index in [9.17, 15) is 33.0 Å². The first kappa shape index (κ1) is 72.6. The molecule has 0 amide bonds. The Morgan fingerprint density at radius 1 is 0.562 bits per heavy atom. The molecule has 89 heavy (non-hydrogen) atoms. The fourth-order valence-corrected chi connectivity index (χ4v) is 15.7. The molecular formula is C75H95F3GeIr2N4O4-2. The summed E-state index contributed by atoms with van der Waals surface area (Å²) in [5.41, 5.74) is 8.09. The predicted molar refractivity (Wildman–Crippen MR) is 361 cm³/mol. The molecule has 8 nitrogen and oxygen atoms in total. The molecule has 14 heteroatoms. The van der Waals surface area contributed by atoms with Gasteiger partial charge < -0.3 is 10.2 Å². The Bertz CT molecular complexity index is 4000. The number of ketones is 2. The minimum Gasteiger partial charge on any atom is 0 e. The summed E-state index contributed by atoms with van der Waals surface area (Å²) in [7, 11) is 0. The van der Waals surface area contributed by atoms with Gasteiger partial charge in [0.2, 0.25) is 0 Å². The summed E-state index contributed by atoms with van der Waals surface area (Å²) in [6, 6.07) is 27.3. The maximum absolute atomic E-state index is 13.7. The molecule has 0 saturated heterocycles. The van der Waals surface area contributed by atoms with Crippen LogP contribution in [0.5, 0.6) is 0 Å². The molecule has 484 valence electrons. The van der Waals surface area contributed by atoms with Gasteiger partial charge in [-0.1, -0.05) is 115 Å². The van der Waals surface area contributed by atoms with Crippen molar-refractivity contribution in [3.8, 4) is 22.5 Å². The van der Waals surface area contributed by atoms with E-state index in [0.29, 0.717) is 28.2 Å². The second-order valence-corrected chi connectivity index (χ2v) is 37.5. The number of hydrogen-bond donors (Lipinski definition) is 2. The van der Waals surface area contributed by atoms with Gasteiger partial charge in [0, 0.05) is 79.4 Å². The van der Waals surface area contributed by atoms with Crippen LogP contribution in [0.3, 0.4) is 0 Å². The number of aliphatic hydroxyl groups excluding tert-OH is 2. The van der Waals surface area contributed by atoms with Gasteiger partial charge in [0.25, 0.3) is 0 Å². The van der Waals surface area contributed by atoms with Crippen LogP contribution in [0.1, 0.15) is 169 Å². The fourth-order valence-electron chi connectivity index (χ4n) is 10.5. The standard InChI is InChI=1S/C25H27GeN2.C24H20F3N2.2C13H24O2.2Ir/c1-15-8-10-19(11-9-15)24-21-13-12-20-14-16(2)23(26(5,6)7)17(3)22(20)25(21)28-18(4)27-24;1-12-8-13(2)10-18(9-12)22-19-7-6-17-11-14(3)21(24(25,26)27)15(4)20(17)23(19)29-16(5)28-22;2*1-7-12(3,4)10(14)9-11(15)13(5,6)8-2;;/h8-10,12-14H,1-7H3;6-9,11H,1-5H3;2*9,14H,7-8H2,1-6H3;;/q2*-1;;;;/i1D3;;;;;. The molecule has 0 bridgehead atoms. The number of carbonyl (C=O) groups is 2. The summed E-state index contributed by atoms with van der Waals surface area (Å²) < 4.78 is 65.5. The Hall–Kier alpha value is -5.43. The van der Waals surface area contributed by atoms with Crippen molar-refractivity contribution in [3.63, 3.8) is 0 Å².